The maximum Gasteiger partial charge on any atom is 0.255 e. The topological polar surface area (TPSA) is 76.0 Å². The Morgan fingerprint density at radius 1 is 1.52 bits per heavy atom. The third kappa shape index (κ3) is 1.96. The summed E-state index contributed by atoms with van der Waals surface area (Å²) in [6.45, 7) is 3.80. The first-order valence-electron chi connectivity index (χ1n) is 7.18. The zero-order valence-corrected chi connectivity index (χ0v) is 11.8. The van der Waals surface area contributed by atoms with Gasteiger partial charge in [-0.1, -0.05) is 5.21 Å². The van der Waals surface area contributed by atoms with Crippen LogP contribution in [0.4, 0.5) is 0 Å². The van der Waals surface area contributed by atoms with Crippen LogP contribution in [0.15, 0.2) is 18.5 Å². The first-order chi connectivity index (χ1) is 10.2. The van der Waals surface area contributed by atoms with E-state index in [1.54, 1.807) is 12.4 Å². The van der Waals surface area contributed by atoms with Gasteiger partial charge in [0, 0.05) is 25.0 Å². The van der Waals surface area contributed by atoms with Crippen molar-refractivity contribution in [2.24, 2.45) is 0 Å². The number of piperidine rings is 1. The lowest BCUT2D eigenvalue weighted by Gasteiger charge is -2.41. The Kier molecular flexibility index (Phi) is 2.81. The normalized spacial score (nSPS) is 24.5. The number of hydrogen-bond acceptors (Lipinski definition) is 4. The first-order valence-corrected chi connectivity index (χ1v) is 7.18. The molecular formula is C14H17N5O2. The van der Waals surface area contributed by atoms with Crippen molar-refractivity contribution in [1.29, 1.82) is 0 Å². The fraction of sp³-hybridized carbons (Fsp3) is 0.500. The van der Waals surface area contributed by atoms with Crippen LogP contribution in [0.25, 0.3) is 0 Å². The molecule has 1 fully saturated rings. The van der Waals surface area contributed by atoms with Crippen LogP contribution in [0.3, 0.4) is 0 Å². The van der Waals surface area contributed by atoms with Crippen LogP contribution < -0.4 is 0 Å². The summed E-state index contributed by atoms with van der Waals surface area (Å²) in [6.07, 6.45) is 4.48. The second-order valence-corrected chi connectivity index (χ2v) is 5.64. The van der Waals surface area contributed by atoms with Gasteiger partial charge in [0.05, 0.1) is 36.2 Å². The van der Waals surface area contributed by atoms with Crippen LogP contribution in [0.2, 0.25) is 0 Å². The minimum Gasteiger partial charge on any atom is -0.370 e. The van der Waals surface area contributed by atoms with Crippen molar-refractivity contribution >= 4 is 5.91 Å². The van der Waals surface area contributed by atoms with E-state index in [-0.39, 0.29) is 18.1 Å². The molecule has 2 aromatic heterocycles. The number of ether oxygens (including phenoxy) is 1. The van der Waals surface area contributed by atoms with Crippen LogP contribution in [-0.2, 0) is 11.3 Å². The molecule has 7 heteroatoms. The number of nitrogens with one attached hydrogen (secondary N) is 1. The fourth-order valence-corrected chi connectivity index (χ4v) is 3.22. The second kappa shape index (κ2) is 4.70. The van der Waals surface area contributed by atoms with E-state index in [2.05, 4.69) is 15.3 Å². The zero-order valence-electron chi connectivity index (χ0n) is 11.8. The summed E-state index contributed by atoms with van der Waals surface area (Å²) < 4.78 is 7.78. The number of amides is 1. The van der Waals surface area contributed by atoms with Crippen LogP contribution >= 0.6 is 0 Å². The Morgan fingerprint density at radius 3 is 3.24 bits per heavy atom. The number of likely N-dealkylation sites (tertiary alicyclic amines) is 1. The Balaban J connectivity index is 1.59. The van der Waals surface area contributed by atoms with Crippen LogP contribution in [0.5, 0.6) is 0 Å². The van der Waals surface area contributed by atoms with Gasteiger partial charge in [-0.15, -0.1) is 5.10 Å². The quantitative estimate of drug-likeness (QED) is 0.845. The van der Waals surface area contributed by atoms with Gasteiger partial charge in [-0.25, -0.2) is 4.68 Å². The maximum atomic E-state index is 12.6. The summed E-state index contributed by atoms with van der Waals surface area (Å²) >= 11 is 0. The number of aryl methyl sites for hydroxylation is 1. The summed E-state index contributed by atoms with van der Waals surface area (Å²) in [5.41, 5.74) is 2.62. The molecule has 110 valence electrons. The number of carbonyl (C=O) groups excluding carboxylic acids is 1. The van der Waals surface area contributed by atoms with Gasteiger partial charge in [-0.05, 0) is 19.4 Å². The van der Waals surface area contributed by atoms with E-state index < -0.39 is 0 Å². The molecule has 4 rings (SSSR count). The van der Waals surface area contributed by atoms with E-state index in [1.807, 2.05) is 22.6 Å². The smallest absolute Gasteiger partial charge is 0.255 e. The molecule has 21 heavy (non-hydrogen) atoms. The van der Waals surface area contributed by atoms with E-state index in [0.717, 1.165) is 23.4 Å². The molecule has 2 aliphatic heterocycles. The molecule has 2 aromatic rings. The highest BCUT2D eigenvalue weighted by atomic mass is 16.5. The molecule has 1 saturated heterocycles. The van der Waals surface area contributed by atoms with Gasteiger partial charge in [-0.3, -0.25) is 4.79 Å². The number of aromatic nitrogens is 4. The lowest BCUT2D eigenvalue weighted by Crippen LogP contribution is -2.49. The molecule has 0 unspecified atom stereocenters. The lowest BCUT2D eigenvalue weighted by molar-refractivity contribution is -0.0605. The minimum absolute atomic E-state index is 0.0631. The average molecular weight is 287 g/mol. The van der Waals surface area contributed by atoms with Crippen molar-refractivity contribution in [3.05, 3.63) is 35.4 Å². The molecule has 1 N–H and O–H groups in total. The van der Waals surface area contributed by atoms with E-state index in [9.17, 15) is 4.79 Å². The second-order valence-electron chi connectivity index (χ2n) is 5.64. The lowest BCUT2D eigenvalue weighted by atomic mass is 9.99. The van der Waals surface area contributed by atoms with Gasteiger partial charge in [0.1, 0.15) is 0 Å². The number of aromatic amines is 1. The van der Waals surface area contributed by atoms with Crippen molar-refractivity contribution in [3.8, 4) is 0 Å². The van der Waals surface area contributed by atoms with Gasteiger partial charge in [-0.2, -0.15) is 0 Å². The molecule has 0 spiro atoms. The number of carbonyl (C=O) groups is 1. The molecule has 7 nitrogen and oxygen atoms in total. The number of rotatable bonds is 1. The Morgan fingerprint density at radius 2 is 2.43 bits per heavy atom. The summed E-state index contributed by atoms with van der Waals surface area (Å²) in [4.78, 5) is 17.6. The Labute approximate surface area is 121 Å². The summed E-state index contributed by atoms with van der Waals surface area (Å²) in [6, 6.07) is 1.90. The van der Waals surface area contributed by atoms with Crippen LogP contribution in [-0.4, -0.2) is 50.0 Å². The summed E-state index contributed by atoms with van der Waals surface area (Å²) in [5.74, 6) is 0.0689. The van der Waals surface area contributed by atoms with Crippen LogP contribution in [0.1, 0.15) is 34.2 Å². The maximum absolute atomic E-state index is 12.6. The zero-order chi connectivity index (χ0) is 14.4. The van der Waals surface area contributed by atoms with Gasteiger partial charge in [0.15, 0.2) is 0 Å². The van der Waals surface area contributed by atoms with Crippen LogP contribution in [0, 0.1) is 6.92 Å². The highest BCUT2D eigenvalue weighted by Gasteiger charge is 2.38. The van der Waals surface area contributed by atoms with Crippen molar-refractivity contribution in [2.75, 3.05) is 13.1 Å². The van der Waals surface area contributed by atoms with E-state index in [1.165, 1.54) is 0 Å². The van der Waals surface area contributed by atoms with Crippen molar-refractivity contribution in [2.45, 2.75) is 32.1 Å². The van der Waals surface area contributed by atoms with Gasteiger partial charge in [0.2, 0.25) is 0 Å². The SMILES string of the molecule is Cc1[nH]ccc1C(=O)N1CC[C@H]2OCc3cnnn3[C@@H]2C1. The van der Waals surface area contributed by atoms with E-state index in [0.29, 0.717) is 19.7 Å². The highest BCUT2D eigenvalue weighted by molar-refractivity contribution is 5.95. The van der Waals surface area contributed by atoms with Gasteiger partial charge < -0.3 is 14.6 Å². The molecule has 4 heterocycles. The number of H-pyrrole nitrogens is 1. The predicted molar refractivity (Wildman–Crippen MR) is 73.7 cm³/mol. The Hall–Kier alpha value is -2.15. The van der Waals surface area contributed by atoms with Crippen molar-refractivity contribution in [3.63, 3.8) is 0 Å². The molecule has 0 bridgehead atoms. The molecule has 0 aliphatic carbocycles. The molecule has 0 saturated carbocycles. The number of hydrogen-bond donors (Lipinski definition) is 1. The standard InChI is InChI=1S/C14H17N5O2/c1-9-11(2-4-15-9)14(20)18-5-3-13-12(7-18)19-10(8-21-13)6-16-17-19/h2,4,6,12-13,15H,3,5,7-8H2,1H3/t12-,13-/m1/s1. The van der Waals surface area contributed by atoms with Crippen molar-refractivity contribution in [1.82, 2.24) is 24.9 Å². The molecule has 0 aromatic carbocycles. The highest BCUT2D eigenvalue weighted by Crippen LogP contribution is 2.30. The van der Waals surface area contributed by atoms with Gasteiger partial charge >= 0.3 is 0 Å². The Bertz CT molecular complexity index is 676. The van der Waals surface area contributed by atoms with E-state index in [4.69, 9.17) is 4.74 Å². The summed E-state index contributed by atoms with van der Waals surface area (Å²) in [5, 5.41) is 8.11. The predicted octanol–water partition coefficient (Wildman–Crippen LogP) is 0.901. The fourth-order valence-electron chi connectivity index (χ4n) is 3.22. The largest absolute Gasteiger partial charge is 0.370 e. The molecule has 2 aliphatic rings. The third-order valence-corrected chi connectivity index (χ3v) is 4.40. The van der Waals surface area contributed by atoms with E-state index >= 15 is 0 Å². The molecule has 2 atom stereocenters. The summed E-state index contributed by atoms with van der Waals surface area (Å²) in [7, 11) is 0. The minimum atomic E-state index is 0.0631. The first kappa shape index (κ1) is 12.6. The van der Waals surface area contributed by atoms with Crippen molar-refractivity contribution < 1.29 is 9.53 Å². The monoisotopic (exact) mass is 287 g/mol. The molecule has 0 radical (unpaired) electrons. The number of nitrogens with zero attached hydrogens (tertiary/aromatic N) is 4. The molecular weight excluding hydrogens is 270 g/mol. The third-order valence-electron chi connectivity index (χ3n) is 4.40. The van der Waals surface area contributed by atoms with Gasteiger partial charge in [0.25, 0.3) is 5.91 Å². The molecule has 1 amide bonds. The number of fused-ring (bicyclic) bond motifs is 3. The average Bonchev–Trinajstić information content (AvgIpc) is 3.14.